The van der Waals surface area contributed by atoms with Gasteiger partial charge in [0.25, 0.3) is 5.91 Å². The molecule has 3 rings (SSSR count). The maximum atomic E-state index is 13.7. The third kappa shape index (κ3) is 12.2. The van der Waals surface area contributed by atoms with Crippen molar-refractivity contribution in [3.63, 3.8) is 0 Å². The van der Waals surface area contributed by atoms with Crippen LogP contribution in [0.1, 0.15) is 40.7 Å². The molecule has 0 aliphatic rings. The average molecular weight is 605 g/mol. The van der Waals surface area contributed by atoms with E-state index in [1.54, 1.807) is 30.3 Å². The lowest BCUT2D eigenvalue weighted by atomic mass is 10.0. The first kappa shape index (κ1) is 33.2. The van der Waals surface area contributed by atoms with Gasteiger partial charge in [-0.3, -0.25) is 14.4 Å². The molecule has 0 heterocycles. The van der Waals surface area contributed by atoms with E-state index < -0.39 is 45.7 Å². The van der Waals surface area contributed by atoms with Crippen molar-refractivity contribution in [3.05, 3.63) is 119 Å². The lowest BCUT2D eigenvalue weighted by molar-refractivity contribution is -0.130. The summed E-state index contributed by atoms with van der Waals surface area (Å²) in [5, 5.41) is 9.64. The van der Waals surface area contributed by atoms with Crippen LogP contribution in [0.4, 0.5) is 0 Å². The van der Waals surface area contributed by atoms with E-state index in [0.29, 0.717) is 37.8 Å². The van der Waals surface area contributed by atoms with Crippen LogP contribution in [-0.2, 0) is 32.3 Å². The molecular formula is C33H40N4O5S. The van der Waals surface area contributed by atoms with E-state index in [0.717, 1.165) is 22.8 Å². The van der Waals surface area contributed by atoms with E-state index in [1.165, 1.54) is 6.08 Å². The number of carbonyl (C=O) groups is 3. The summed E-state index contributed by atoms with van der Waals surface area (Å²) in [6, 6.07) is 24.7. The summed E-state index contributed by atoms with van der Waals surface area (Å²) in [4.78, 5) is 40.3. The fourth-order valence-corrected chi connectivity index (χ4v) is 4.96. The molecule has 0 aliphatic carbocycles. The molecule has 0 bridgehead atoms. The van der Waals surface area contributed by atoms with Crippen LogP contribution >= 0.6 is 0 Å². The summed E-state index contributed by atoms with van der Waals surface area (Å²) < 4.78 is 23.7. The lowest BCUT2D eigenvalue weighted by Gasteiger charge is -2.25. The molecule has 0 unspecified atom stereocenters. The van der Waals surface area contributed by atoms with Crippen molar-refractivity contribution < 1.29 is 22.8 Å². The number of sulfone groups is 1. The number of unbranched alkanes of at least 4 members (excludes halogenated alkanes) is 1. The fraction of sp³-hybridized carbons (Fsp3) is 0.303. The van der Waals surface area contributed by atoms with E-state index in [1.807, 2.05) is 60.7 Å². The molecule has 9 nitrogen and oxygen atoms in total. The summed E-state index contributed by atoms with van der Waals surface area (Å²) >= 11 is 0. The smallest absolute Gasteiger partial charge is 0.251 e. The Kier molecular flexibility index (Phi) is 13.1. The Morgan fingerprint density at radius 3 is 1.81 bits per heavy atom. The number of carbonyl (C=O) groups excluding carboxylic acids is 3. The number of benzene rings is 3. The van der Waals surface area contributed by atoms with Crippen LogP contribution in [0, 0.1) is 0 Å². The molecule has 0 spiro atoms. The summed E-state index contributed by atoms with van der Waals surface area (Å²) in [5.74, 6) is -1.37. The van der Waals surface area contributed by atoms with Crippen molar-refractivity contribution in [1.29, 1.82) is 0 Å². The van der Waals surface area contributed by atoms with Crippen LogP contribution < -0.4 is 21.7 Å². The zero-order valence-corrected chi connectivity index (χ0v) is 25.1. The fourth-order valence-electron chi connectivity index (χ4n) is 4.48. The van der Waals surface area contributed by atoms with Gasteiger partial charge in [-0.25, -0.2) is 8.42 Å². The Morgan fingerprint density at radius 2 is 1.26 bits per heavy atom. The second kappa shape index (κ2) is 17.0. The molecule has 0 saturated heterocycles. The monoisotopic (exact) mass is 604 g/mol. The van der Waals surface area contributed by atoms with Crippen molar-refractivity contribution in [2.45, 2.75) is 50.2 Å². The van der Waals surface area contributed by atoms with Crippen LogP contribution in [0.2, 0.25) is 0 Å². The lowest BCUT2D eigenvalue weighted by Crippen LogP contribution is -2.55. The standard InChI is InChI=1S/C33H40N4O5S/c1-43(41,42)22-20-28(23-25-13-5-2-6-14-25)35-33(40)30(24-26-15-7-3-8-16-26)37-32(39)29(19-11-12-21-34)36-31(38)27-17-9-4-10-18-27/h2-10,13-18,20,22,28-30H,11-12,19,21,23-24,34H2,1H3,(H,35,40)(H,36,38)(H,37,39)/t28-,29+,30+/m1/s1. The van der Waals surface area contributed by atoms with Gasteiger partial charge in [0.05, 0.1) is 6.04 Å². The molecule has 228 valence electrons. The van der Waals surface area contributed by atoms with Crippen molar-refractivity contribution in [1.82, 2.24) is 16.0 Å². The minimum atomic E-state index is -3.44. The molecule has 10 heteroatoms. The molecule has 0 radical (unpaired) electrons. The normalized spacial score (nSPS) is 13.5. The van der Waals surface area contributed by atoms with Crippen molar-refractivity contribution in [2.24, 2.45) is 5.73 Å². The second-order valence-electron chi connectivity index (χ2n) is 10.4. The Labute approximate surface area is 253 Å². The number of nitrogens with two attached hydrogens (primary N) is 1. The number of amides is 3. The average Bonchev–Trinajstić information content (AvgIpc) is 3.00. The summed E-state index contributed by atoms with van der Waals surface area (Å²) in [6.45, 7) is 0.448. The molecule has 0 fully saturated rings. The van der Waals surface area contributed by atoms with Gasteiger partial charge in [0.1, 0.15) is 12.1 Å². The molecule has 0 aliphatic heterocycles. The zero-order chi connectivity index (χ0) is 31.1. The maximum absolute atomic E-state index is 13.7. The Hall–Kier alpha value is -4.28. The molecule has 0 saturated carbocycles. The highest BCUT2D eigenvalue weighted by atomic mass is 32.2. The van der Waals surface area contributed by atoms with Gasteiger partial charge in [-0.05, 0) is 55.5 Å². The minimum absolute atomic E-state index is 0.189. The number of rotatable bonds is 16. The minimum Gasteiger partial charge on any atom is -0.348 e. The Morgan fingerprint density at radius 1 is 0.721 bits per heavy atom. The molecule has 3 aromatic carbocycles. The van der Waals surface area contributed by atoms with E-state index in [4.69, 9.17) is 5.73 Å². The third-order valence-electron chi connectivity index (χ3n) is 6.70. The maximum Gasteiger partial charge on any atom is 0.251 e. The number of hydrogen-bond acceptors (Lipinski definition) is 6. The van der Waals surface area contributed by atoms with Crippen molar-refractivity contribution >= 4 is 27.6 Å². The summed E-state index contributed by atoms with van der Waals surface area (Å²) in [6.07, 6.45) is 4.68. The van der Waals surface area contributed by atoms with Gasteiger partial charge in [-0.1, -0.05) is 84.9 Å². The van der Waals surface area contributed by atoms with Gasteiger partial charge in [-0.15, -0.1) is 0 Å². The Bertz CT molecular complexity index is 1450. The first-order chi connectivity index (χ1) is 20.6. The van der Waals surface area contributed by atoms with Crippen LogP contribution in [0.15, 0.2) is 102 Å². The van der Waals surface area contributed by atoms with Crippen LogP contribution in [0.5, 0.6) is 0 Å². The number of nitrogens with one attached hydrogen (secondary N) is 3. The second-order valence-corrected chi connectivity index (χ2v) is 12.3. The van der Waals surface area contributed by atoms with Gasteiger partial charge >= 0.3 is 0 Å². The third-order valence-corrected chi connectivity index (χ3v) is 7.36. The predicted octanol–water partition coefficient (Wildman–Crippen LogP) is 2.93. The largest absolute Gasteiger partial charge is 0.348 e. The highest BCUT2D eigenvalue weighted by Crippen LogP contribution is 2.10. The first-order valence-electron chi connectivity index (χ1n) is 14.3. The summed E-state index contributed by atoms with van der Waals surface area (Å²) in [5.41, 5.74) is 7.80. The van der Waals surface area contributed by atoms with Crippen LogP contribution in [0.25, 0.3) is 0 Å². The Balaban J connectivity index is 1.84. The van der Waals surface area contributed by atoms with Crippen molar-refractivity contribution in [3.8, 4) is 0 Å². The molecule has 3 amide bonds. The highest BCUT2D eigenvalue weighted by molar-refractivity contribution is 7.93. The summed E-state index contributed by atoms with van der Waals surface area (Å²) in [7, 11) is -3.44. The van der Waals surface area contributed by atoms with E-state index in [-0.39, 0.29) is 6.42 Å². The highest BCUT2D eigenvalue weighted by Gasteiger charge is 2.28. The molecule has 3 aromatic rings. The molecule has 0 aromatic heterocycles. The van der Waals surface area contributed by atoms with Gasteiger partial charge in [-0.2, -0.15) is 0 Å². The SMILES string of the molecule is CS(=O)(=O)C=C[C@H](Cc1ccccc1)NC(=O)[C@H](Cc1ccccc1)NC(=O)[C@H](CCCCN)NC(=O)c1ccccc1. The predicted molar refractivity (Wildman–Crippen MR) is 169 cm³/mol. The van der Waals surface area contributed by atoms with E-state index in [9.17, 15) is 22.8 Å². The molecule has 3 atom stereocenters. The first-order valence-corrected chi connectivity index (χ1v) is 16.2. The van der Waals surface area contributed by atoms with E-state index in [2.05, 4.69) is 16.0 Å². The van der Waals surface area contributed by atoms with Crippen LogP contribution in [0.3, 0.4) is 0 Å². The van der Waals surface area contributed by atoms with Gasteiger partial charge in [0.2, 0.25) is 11.8 Å². The van der Waals surface area contributed by atoms with Gasteiger partial charge < -0.3 is 21.7 Å². The number of hydrogen-bond donors (Lipinski definition) is 4. The van der Waals surface area contributed by atoms with E-state index >= 15 is 0 Å². The molecule has 43 heavy (non-hydrogen) atoms. The van der Waals surface area contributed by atoms with Crippen LogP contribution in [-0.4, -0.2) is 57.1 Å². The zero-order valence-electron chi connectivity index (χ0n) is 24.3. The van der Waals surface area contributed by atoms with Gasteiger partial charge in [0, 0.05) is 23.6 Å². The van der Waals surface area contributed by atoms with Crippen molar-refractivity contribution in [2.75, 3.05) is 12.8 Å². The quantitative estimate of drug-likeness (QED) is 0.185. The molecular weight excluding hydrogens is 564 g/mol. The molecule has 5 N–H and O–H groups in total. The topological polar surface area (TPSA) is 147 Å². The van der Waals surface area contributed by atoms with Gasteiger partial charge in [0.15, 0.2) is 9.84 Å².